The molecule has 29 heavy (non-hydrogen) atoms. The van der Waals surface area contributed by atoms with Gasteiger partial charge in [-0.25, -0.2) is 9.07 Å². The van der Waals surface area contributed by atoms with Crippen molar-refractivity contribution in [2.45, 2.75) is 39.3 Å². The Morgan fingerprint density at radius 3 is 2.72 bits per heavy atom. The van der Waals surface area contributed by atoms with E-state index in [1.165, 1.54) is 12.1 Å². The lowest BCUT2D eigenvalue weighted by atomic mass is 10.0. The Bertz CT molecular complexity index is 972. The van der Waals surface area contributed by atoms with Gasteiger partial charge in [-0.15, -0.1) is 5.10 Å². The summed E-state index contributed by atoms with van der Waals surface area (Å²) in [6.45, 7) is 5.22. The molecule has 0 radical (unpaired) electrons. The minimum Gasteiger partial charge on any atom is -0.487 e. The Kier molecular flexibility index (Phi) is 5.28. The van der Waals surface area contributed by atoms with Crippen LogP contribution in [0.5, 0.6) is 5.75 Å². The normalized spacial score (nSPS) is 14.1. The molecule has 3 heterocycles. The van der Waals surface area contributed by atoms with Crippen LogP contribution in [0.4, 0.5) is 4.39 Å². The van der Waals surface area contributed by atoms with Gasteiger partial charge >= 0.3 is 0 Å². The lowest BCUT2D eigenvalue weighted by Gasteiger charge is -2.39. The quantitative estimate of drug-likeness (QED) is 0.607. The monoisotopic (exact) mass is 399 g/mol. The summed E-state index contributed by atoms with van der Waals surface area (Å²) in [5.74, 6) is 1.15. The molecule has 1 fully saturated rings. The smallest absolute Gasteiger partial charge is 0.223 e. The highest BCUT2D eigenvalue weighted by Crippen LogP contribution is 2.23. The molecule has 1 amide bonds. The number of ether oxygens (including phenoxy) is 1. The molecule has 1 aromatic carbocycles. The highest BCUT2D eigenvalue weighted by atomic mass is 19.1. The van der Waals surface area contributed by atoms with Crippen LogP contribution in [-0.2, 0) is 17.8 Å². The number of rotatable bonds is 7. The number of halogens is 1. The van der Waals surface area contributed by atoms with Gasteiger partial charge in [-0.3, -0.25) is 4.79 Å². The van der Waals surface area contributed by atoms with Crippen LogP contribution in [0.2, 0.25) is 0 Å². The second kappa shape index (κ2) is 8.02. The first kappa shape index (κ1) is 19.1. The van der Waals surface area contributed by atoms with Crippen LogP contribution in [-0.4, -0.2) is 44.0 Å². The maximum absolute atomic E-state index is 12.9. The van der Waals surface area contributed by atoms with E-state index in [1.54, 1.807) is 16.8 Å². The van der Waals surface area contributed by atoms with Gasteiger partial charge in [0.15, 0.2) is 0 Å². The van der Waals surface area contributed by atoms with Crippen molar-refractivity contribution in [1.29, 1.82) is 0 Å². The molecule has 0 atom stereocenters. The van der Waals surface area contributed by atoms with Crippen molar-refractivity contribution in [3.8, 4) is 5.75 Å². The second-order valence-corrected chi connectivity index (χ2v) is 7.19. The third-order valence-corrected chi connectivity index (χ3v) is 5.12. The number of aryl methyl sites for hydroxylation is 2. The summed E-state index contributed by atoms with van der Waals surface area (Å²) in [6, 6.07) is 5.94. The maximum Gasteiger partial charge on any atom is 0.223 e. The largest absolute Gasteiger partial charge is 0.487 e. The van der Waals surface area contributed by atoms with Crippen LogP contribution < -0.4 is 4.74 Å². The highest BCUT2D eigenvalue weighted by Gasteiger charge is 2.32. The number of nitrogens with zero attached hydrogens (tertiary/aromatic N) is 5. The van der Waals surface area contributed by atoms with Crippen LogP contribution in [0.3, 0.4) is 0 Å². The number of carbonyl (C=O) groups excluding carboxylic acids is 1. The fourth-order valence-electron chi connectivity index (χ4n) is 3.32. The molecule has 0 bridgehead atoms. The number of hydrogen-bond donors (Lipinski definition) is 0. The van der Waals surface area contributed by atoms with Crippen molar-refractivity contribution < 1.29 is 18.4 Å². The molecule has 1 aliphatic heterocycles. The molecule has 0 spiro atoms. The Morgan fingerprint density at radius 1 is 1.28 bits per heavy atom. The summed E-state index contributed by atoms with van der Waals surface area (Å²) in [4.78, 5) is 14.2. The number of aromatic nitrogens is 4. The van der Waals surface area contributed by atoms with Crippen LogP contribution >= 0.6 is 0 Å². The van der Waals surface area contributed by atoms with Crippen molar-refractivity contribution in [1.82, 2.24) is 25.1 Å². The second-order valence-electron chi connectivity index (χ2n) is 7.19. The first-order chi connectivity index (χ1) is 14.0. The summed E-state index contributed by atoms with van der Waals surface area (Å²) < 4.78 is 25.4. The van der Waals surface area contributed by atoms with E-state index in [-0.39, 0.29) is 24.4 Å². The zero-order valence-electron chi connectivity index (χ0n) is 16.3. The molecule has 0 N–H and O–H groups in total. The highest BCUT2D eigenvalue weighted by molar-refractivity contribution is 5.77. The Balaban J connectivity index is 1.23. The summed E-state index contributed by atoms with van der Waals surface area (Å²) in [7, 11) is 0. The first-order valence-electron chi connectivity index (χ1n) is 9.48. The Labute approximate surface area is 167 Å². The van der Waals surface area contributed by atoms with E-state index >= 15 is 0 Å². The molecule has 1 aliphatic rings. The number of hydrogen-bond acceptors (Lipinski definition) is 6. The Morgan fingerprint density at radius 2 is 2.03 bits per heavy atom. The SMILES string of the molecule is Cc1noc(C)c1CCC(=O)N1CC(n2cc(COc3ccc(F)cc3)nn2)C1. The van der Waals surface area contributed by atoms with Gasteiger partial charge in [0.1, 0.15) is 29.6 Å². The van der Waals surface area contributed by atoms with Crippen molar-refractivity contribution in [3.05, 3.63) is 59.0 Å². The zero-order valence-corrected chi connectivity index (χ0v) is 16.3. The maximum atomic E-state index is 12.9. The van der Waals surface area contributed by atoms with Crippen LogP contribution in [0, 0.1) is 19.7 Å². The lowest BCUT2D eigenvalue weighted by Crippen LogP contribution is -2.51. The average molecular weight is 399 g/mol. The van der Waals surface area contributed by atoms with Crippen molar-refractivity contribution in [2.75, 3.05) is 13.1 Å². The molecule has 152 valence electrons. The predicted molar refractivity (Wildman–Crippen MR) is 101 cm³/mol. The van der Waals surface area contributed by atoms with Crippen LogP contribution in [0.1, 0.15) is 35.2 Å². The summed E-state index contributed by atoms with van der Waals surface area (Å²) >= 11 is 0. The molecule has 0 aliphatic carbocycles. The van der Waals surface area contributed by atoms with E-state index in [1.807, 2.05) is 24.9 Å². The summed E-state index contributed by atoms with van der Waals surface area (Å²) in [5.41, 5.74) is 2.53. The third kappa shape index (κ3) is 4.28. The van der Waals surface area contributed by atoms with Gasteiger partial charge in [-0.05, 0) is 44.5 Å². The minimum absolute atomic E-state index is 0.112. The molecule has 3 aromatic rings. The van der Waals surface area contributed by atoms with Crippen LogP contribution in [0.15, 0.2) is 35.0 Å². The van der Waals surface area contributed by atoms with Crippen LogP contribution in [0.25, 0.3) is 0 Å². The fraction of sp³-hybridized carbons (Fsp3) is 0.400. The van der Waals surface area contributed by atoms with E-state index in [0.29, 0.717) is 37.4 Å². The third-order valence-electron chi connectivity index (χ3n) is 5.12. The molecular weight excluding hydrogens is 377 g/mol. The van der Waals surface area contributed by atoms with Gasteiger partial charge in [0.25, 0.3) is 0 Å². The van der Waals surface area contributed by atoms with E-state index in [4.69, 9.17) is 9.26 Å². The van der Waals surface area contributed by atoms with E-state index in [0.717, 1.165) is 17.0 Å². The van der Waals surface area contributed by atoms with E-state index in [9.17, 15) is 9.18 Å². The molecule has 8 nitrogen and oxygen atoms in total. The van der Waals surface area contributed by atoms with E-state index in [2.05, 4.69) is 15.5 Å². The zero-order chi connectivity index (χ0) is 20.4. The number of likely N-dealkylation sites (tertiary alicyclic amines) is 1. The molecule has 1 saturated heterocycles. The van der Waals surface area contributed by atoms with Gasteiger partial charge in [0, 0.05) is 25.1 Å². The predicted octanol–water partition coefficient (Wildman–Crippen LogP) is 2.62. The van der Waals surface area contributed by atoms with Gasteiger partial charge in [-0.2, -0.15) is 0 Å². The molecule has 0 saturated carbocycles. The number of benzene rings is 1. The molecule has 9 heteroatoms. The van der Waals surface area contributed by atoms with Crippen molar-refractivity contribution in [3.63, 3.8) is 0 Å². The van der Waals surface area contributed by atoms with Gasteiger partial charge in [-0.1, -0.05) is 10.4 Å². The van der Waals surface area contributed by atoms with Gasteiger partial charge in [0.05, 0.1) is 17.9 Å². The van der Waals surface area contributed by atoms with Gasteiger partial charge < -0.3 is 14.2 Å². The molecule has 0 unspecified atom stereocenters. The van der Waals surface area contributed by atoms with Crippen molar-refractivity contribution >= 4 is 5.91 Å². The standard InChI is InChI=1S/C20H22FN5O3/c1-13-19(14(2)29-23-13)7-8-20(27)25-10-17(11-25)26-9-16(22-24-26)12-28-18-5-3-15(21)4-6-18/h3-6,9,17H,7-8,10-12H2,1-2H3. The molecule has 4 rings (SSSR count). The topological polar surface area (TPSA) is 86.3 Å². The average Bonchev–Trinajstić information content (AvgIpc) is 3.25. The number of amides is 1. The Hall–Kier alpha value is -3.23. The molecular formula is C20H22FN5O3. The number of carbonyl (C=O) groups is 1. The van der Waals surface area contributed by atoms with E-state index < -0.39 is 0 Å². The van der Waals surface area contributed by atoms with Gasteiger partial charge in [0.2, 0.25) is 5.91 Å². The first-order valence-corrected chi connectivity index (χ1v) is 9.48. The van der Waals surface area contributed by atoms with Crippen molar-refractivity contribution in [2.24, 2.45) is 0 Å². The summed E-state index contributed by atoms with van der Waals surface area (Å²) in [6.07, 6.45) is 2.89. The molecule has 2 aromatic heterocycles. The summed E-state index contributed by atoms with van der Waals surface area (Å²) in [5, 5.41) is 12.2. The lowest BCUT2D eigenvalue weighted by molar-refractivity contribution is -0.137. The fourth-order valence-corrected chi connectivity index (χ4v) is 3.32. The minimum atomic E-state index is -0.306.